The average molecular weight is 207 g/mol. The van der Waals surface area contributed by atoms with Crippen LogP contribution in [0.15, 0.2) is 0 Å². The van der Waals surface area contributed by atoms with Crippen molar-refractivity contribution in [2.24, 2.45) is 23.0 Å². The van der Waals surface area contributed by atoms with Crippen LogP contribution in [0.3, 0.4) is 0 Å². The quantitative estimate of drug-likeness (QED) is 0.700. The summed E-state index contributed by atoms with van der Waals surface area (Å²) in [5.41, 5.74) is 7.64. The maximum atomic E-state index is 6.85. The smallest absolute Gasteiger partial charge is 0.0240 e. The first kappa shape index (κ1) is 10.1. The van der Waals surface area contributed by atoms with Crippen LogP contribution in [0.4, 0.5) is 0 Å². The monoisotopic (exact) mass is 207 g/mol. The summed E-state index contributed by atoms with van der Waals surface area (Å²) in [4.78, 5) is 0. The van der Waals surface area contributed by atoms with E-state index in [0.717, 1.165) is 11.8 Å². The second-order valence-electron chi connectivity index (χ2n) is 6.32. The van der Waals surface area contributed by atoms with Crippen molar-refractivity contribution in [3.63, 3.8) is 0 Å². The summed E-state index contributed by atoms with van der Waals surface area (Å²) in [5.74, 6) is 1.86. The number of fused-ring (bicyclic) bond motifs is 3. The van der Waals surface area contributed by atoms with E-state index in [1.54, 1.807) is 0 Å². The van der Waals surface area contributed by atoms with E-state index in [-0.39, 0.29) is 5.54 Å². The maximum Gasteiger partial charge on any atom is 0.0240 e. The highest BCUT2D eigenvalue weighted by molar-refractivity contribution is 5.17. The van der Waals surface area contributed by atoms with Crippen LogP contribution >= 0.6 is 0 Å². The van der Waals surface area contributed by atoms with Gasteiger partial charge in [-0.2, -0.15) is 0 Å². The zero-order valence-electron chi connectivity index (χ0n) is 10.1. The van der Waals surface area contributed by atoms with Gasteiger partial charge in [0.25, 0.3) is 0 Å². The second kappa shape index (κ2) is 3.23. The summed E-state index contributed by atoms with van der Waals surface area (Å²) in [6.45, 7) is 2.33. The van der Waals surface area contributed by atoms with Gasteiger partial charge in [0.1, 0.15) is 0 Å². The zero-order valence-corrected chi connectivity index (χ0v) is 10.1. The molecule has 0 aliphatic heterocycles. The lowest BCUT2D eigenvalue weighted by molar-refractivity contribution is 0.00680. The minimum atomic E-state index is 0.219. The lowest BCUT2D eigenvalue weighted by Crippen LogP contribution is -2.59. The predicted octanol–water partition coefficient (Wildman–Crippen LogP) is 3.47. The van der Waals surface area contributed by atoms with Gasteiger partial charge in [0, 0.05) is 5.54 Å². The fourth-order valence-corrected chi connectivity index (χ4v) is 5.43. The SMILES string of the molecule is CCC1(N)C2CCC(C2)C12CCCCC2. The highest BCUT2D eigenvalue weighted by Gasteiger charge is 2.63. The van der Waals surface area contributed by atoms with E-state index in [2.05, 4.69) is 6.92 Å². The molecule has 1 spiro atoms. The topological polar surface area (TPSA) is 26.0 Å². The van der Waals surface area contributed by atoms with Gasteiger partial charge in [0.05, 0.1) is 0 Å². The Morgan fingerprint density at radius 2 is 1.73 bits per heavy atom. The molecule has 0 saturated heterocycles. The van der Waals surface area contributed by atoms with E-state index >= 15 is 0 Å². The van der Waals surface area contributed by atoms with Gasteiger partial charge < -0.3 is 5.73 Å². The molecule has 3 aliphatic rings. The highest BCUT2D eigenvalue weighted by Crippen LogP contribution is 2.66. The number of hydrogen-bond donors (Lipinski definition) is 1. The van der Waals surface area contributed by atoms with Crippen molar-refractivity contribution in [1.82, 2.24) is 0 Å². The first-order valence-electron chi connectivity index (χ1n) is 7.02. The molecule has 3 aliphatic carbocycles. The molecule has 3 unspecified atom stereocenters. The van der Waals surface area contributed by atoms with Crippen molar-refractivity contribution >= 4 is 0 Å². The van der Waals surface area contributed by atoms with Crippen LogP contribution in [-0.2, 0) is 0 Å². The van der Waals surface area contributed by atoms with Gasteiger partial charge in [0.2, 0.25) is 0 Å². The number of rotatable bonds is 1. The van der Waals surface area contributed by atoms with Gasteiger partial charge in [-0.3, -0.25) is 0 Å². The molecule has 2 N–H and O–H groups in total. The minimum Gasteiger partial charge on any atom is -0.324 e. The van der Waals surface area contributed by atoms with Gasteiger partial charge in [0.15, 0.2) is 0 Å². The fraction of sp³-hybridized carbons (Fsp3) is 1.00. The van der Waals surface area contributed by atoms with Crippen molar-refractivity contribution in [2.75, 3.05) is 0 Å². The minimum absolute atomic E-state index is 0.219. The van der Waals surface area contributed by atoms with Crippen molar-refractivity contribution in [2.45, 2.75) is 70.3 Å². The third kappa shape index (κ3) is 1.08. The summed E-state index contributed by atoms with van der Waals surface area (Å²) < 4.78 is 0. The maximum absolute atomic E-state index is 6.85. The molecule has 3 fully saturated rings. The molecular formula is C14H25N. The summed E-state index contributed by atoms with van der Waals surface area (Å²) in [5, 5.41) is 0. The van der Waals surface area contributed by atoms with E-state index in [4.69, 9.17) is 5.73 Å². The predicted molar refractivity (Wildman–Crippen MR) is 63.6 cm³/mol. The van der Waals surface area contributed by atoms with Gasteiger partial charge in [-0.25, -0.2) is 0 Å². The van der Waals surface area contributed by atoms with Gasteiger partial charge >= 0.3 is 0 Å². The number of hydrogen-bond acceptors (Lipinski definition) is 1. The normalized spacial score (nSPS) is 47.6. The third-order valence-electron chi connectivity index (χ3n) is 6.20. The van der Waals surface area contributed by atoms with Crippen LogP contribution in [-0.4, -0.2) is 5.54 Å². The van der Waals surface area contributed by atoms with E-state index in [1.807, 2.05) is 0 Å². The molecule has 15 heavy (non-hydrogen) atoms. The Morgan fingerprint density at radius 1 is 1.07 bits per heavy atom. The van der Waals surface area contributed by atoms with Crippen molar-refractivity contribution in [1.29, 1.82) is 0 Å². The summed E-state index contributed by atoms with van der Waals surface area (Å²) >= 11 is 0. The Kier molecular flexibility index (Phi) is 2.18. The fourth-order valence-electron chi connectivity index (χ4n) is 5.43. The molecule has 3 saturated carbocycles. The Labute approximate surface area is 93.8 Å². The van der Waals surface area contributed by atoms with E-state index < -0.39 is 0 Å². The highest BCUT2D eigenvalue weighted by atomic mass is 14.9. The van der Waals surface area contributed by atoms with Gasteiger partial charge in [-0.1, -0.05) is 26.2 Å². The van der Waals surface area contributed by atoms with E-state index in [9.17, 15) is 0 Å². The van der Waals surface area contributed by atoms with E-state index in [0.29, 0.717) is 5.41 Å². The summed E-state index contributed by atoms with van der Waals surface area (Å²) in [6.07, 6.45) is 12.8. The third-order valence-corrected chi connectivity index (χ3v) is 6.20. The Bertz CT molecular complexity index is 254. The first-order valence-corrected chi connectivity index (χ1v) is 7.02. The Balaban J connectivity index is 1.97. The summed E-state index contributed by atoms with van der Waals surface area (Å²) in [6, 6.07) is 0. The molecule has 0 heterocycles. The molecule has 2 bridgehead atoms. The molecule has 0 aromatic rings. The molecule has 0 amide bonds. The van der Waals surface area contributed by atoms with Crippen LogP contribution in [0.25, 0.3) is 0 Å². The molecular weight excluding hydrogens is 182 g/mol. The lowest BCUT2D eigenvalue weighted by atomic mass is 9.54. The molecule has 0 aromatic heterocycles. The molecule has 1 nitrogen and oxygen atoms in total. The van der Waals surface area contributed by atoms with Gasteiger partial charge in [-0.05, 0) is 55.8 Å². The van der Waals surface area contributed by atoms with Crippen LogP contribution in [0, 0.1) is 17.3 Å². The zero-order chi connectivity index (χ0) is 10.5. The molecule has 3 rings (SSSR count). The Hall–Kier alpha value is -0.0400. The van der Waals surface area contributed by atoms with Crippen LogP contribution < -0.4 is 5.73 Å². The van der Waals surface area contributed by atoms with Crippen molar-refractivity contribution < 1.29 is 0 Å². The first-order chi connectivity index (χ1) is 7.23. The molecule has 86 valence electrons. The van der Waals surface area contributed by atoms with Crippen molar-refractivity contribution in [3.05, 3.63) is 0 Å². The lowest BCUT2D eigenvalue weighted by Gasteiger charge is -2.53. The van der Waals surface area contributed by atoms with Gasteiger partial charge in [-0.15, -0.1) is 0 Å². The van der Waals surface area contributed by atoms with E-state index in [1.165, 1.54) is 57.8 Å². The number of nitrogens with two attached hydrogens (primary N) is 1. The molecule has 0 radical (unpaired) electrons. The largest absolute Gasteiger partial charge is 0.324 e. The van der Waals surface area contributed by atoms with Crippen LogP contribution in [0.5, 0.6) is 0 Å². The molecule has 1 heteroatoms. The summed E-state index contributed by atoms with van der Waals surface area (Å²) in [7, 11) is 0. The second-order valence-corrected chi connectivity index (χ2v) is 6.32. The van der Waals surface area contributed by atoms with Crippen LogP contribution in [0.1, 0.15) is 64.7 Å². The standard InChI is InChI=1S/C14H25N/c1-2-14(15)12-7-6-11(10-12)13(14)8-4-3-5-9-13/h11-12H,2-10,15H2,1H3. The average Bonchev–Trinajstić information content (AvgIpc) is 2.84. The van der Waals surface area contributed by atoms with Crippen molar-refractivity contribution in [3.8, 4) is 0 Å². The Morgan fingerprint density at radius 3 is 2.40 bits per heavy atom. The molecule has 0 aromatic carbocycles. The molecule has 3 atom stereocenters. The van der Waals surface area contributed by atoms with Crippen LogP contribution in [0.2, 0.25) is 0 Å².